The van der Waals surface area contributed by atoms with E-state index in [0.29, 0.717) is 30.4 Å². The van der Waals surface area contributed by atoms with Crippen molar-refractivity contribution in [3.63, 3.8) is 0 Å². The lowest BCUT2D eigenvalue weighted by Crippen LogP contribution is -2.64. The number of amides is 2. The van der Waals surface area contributed by atoms with Gasteiger partial charge in [-0.15, -0.1) is 0 Å². The lowest BCUT2D eigenvalue weighted by atomic mass is 10.0. The number of hydrogen-bond donors (Lipinski definition) is 3. The van der Waals surface area contributed by atoms with Crippen LogP contribution in [-0.2, 0) is 16.1 Å². The van der Waals surface area contributed by atoms with E-state index in [2.05, 4.69) is 20.2 Å². The molecule has 0 bridgehead atoms. The molecule has 1 aromatic carbocycles. The maximum Gasteiger partial charge on any atom is 0.428 e. The molecule has 2 amide bonds. The first-order chi connectivity index (χ1) is 19.9. The Labute approximate surface area is 232 Å². The summed E-state index contributed by atoms with van der Waals surface area (Å²) in [4.78, 5) is 32.3. The molecule has 220 valence electrons. The van der Waals surface area contributed by atoms with Crippen LogP contribution in [0.2, 0.25) is 0 Å². The number of hydrazine groups is 1. The van der Waals surface area contributed by atoms with Gasteiger partial charge in [0.2, 0.25) is 5.91 Å². The molecule has 1 aliphatic rings. The molecular weight excluding hydrogens is 571 g/mol. The Morgan fingerprint density at radius 2 is 1.88 bits per heavy atom. The highest BCUT2D eigenvalue weighted by atomic mass is 19.4. The Kier molecular flexibility index (Phi) is 7.46. The molecule has 3 aromatic heterocycles. The van der Waals surface area contributed by atoms with E-state index in [1.807, 2.05) is 5.32 Å². The summed E-state index contributed by atoms with van der Waals surface area (Å²) in [7, 11) is 0. The number of hydrogen-bond acceptors (Lipinski definition) is 10. The Bertz CT molecular complexity index is 1620. The molecule has 5 rings (SSSR count). The number of benzene rings is 1. The van der Waals surface area contributed by atoms with Crippen molar-refractivity contribution in [2.75, 3.05) is 11.9 Å². The lowest BCUT2D eigenvalue weighted by Gasteiger charge is -2.32. The standard InChI is InChI=1S/C25H21F5N8O4/c26-15-4-2-1-3-14(15)11-37-19(17-7-8-42-36-17)9-18(35-37)21-32-10-16(27)20(34-21)33-12-24(41,25(28,29)30)23(40)38(31)22(39)13-5-6-13/h1-4,7-10,13,41H,5-6,11-12,31H2,(H,32,33,34). The summed E-state index contributed by atoms with van der Waals surface area (Å²) < 4.78 is 76.7. The highest BCUT2D eigenvalue weighted by Gasteiger charge is 2.62. The topological polar surface area (TPSA) is 165 Å². The second-order valence-corrected chi connectivity index (χ2v) is 9.44. The number of imide groups is 1. The molecular formula is C25H21F5N8O4. The monoisotopic (exact) mass is 592 g/mol. The van der Waals surface area contributed by atoms with Crippen molar-refractivity contribution in [2.45, 2.75) is 31.2 Å². The molecule has 4 N–H and O–H groups in total. The normalized spacial score (nSPS) is 14.8. The van der Waals surface area contributed by atoms with E-state index in [-0.39, 0.29) is 28.6 Å². The van der Waals surface area contributed by atoms with Gasteiger partial charge in [-0.2, -0.15) is 18.3 Å². The fraction of sp³-hybridized carbons (Fsp3) is 0.280. The van der Waals surface area contributed by atoms with Gasteiger partial charge >= 0.3 is 6.18 Å². The third-order valence-corrected chi connectivity index (χ3v) is 6.45. The van der Waals surface area contributed by atoms with E-state index in [4.69, 9.17) is 10.4 Å². The zero-order valence-corrected chi connectivity index (χ0v) is 21.3. The van der Waals surface area contributed by atoms with Gasteiger partial charge in [0.25, 0.3) is 11.5 Å². The number of carbonyl (C=O) groups is 2. The molecule has 42 heavy (non-hydrogen) atoms. The van der Waals surface area contributed by atoms with Crippen LogP contribution in [0.15, 0.2) is 53.4 Å². The van der Waals surface area contributed by atoms with Crippen molar-refractivity contribution >= 4 is 17.6 Å². The van der Waals surface area contributed by atoms with Crippen molar-refractivity contribution in [2.24, 2.45) is 11.8 Å². The van der Waals surface area contributed by atoms with Crippen LogP contribution in [0.4, 0.5) is 27.8 Å². The summed E-state index contributed by atoms with van der Waals surface area (Å²) in [6.07, 6.45) is -3.01. The minimum absolute atomic E-state index is 0.00212. The summed E-state index contributed by atoms with van der Waals surface area (Å²) >= 11 is 0. The van der Waals surface area contributed by atoms with Gasteiger partial charge in [0.15, 0.2) is 17.5 Å². The number of anilines is 1. The third kappa shape index (κ3) is 5.55. The fourth-order valence-electron chi connectivity index (χ4n) is 3.93. The van der Waals surface area contributed by atoms with Crippen LogP contribution in [0.25, 0.3) is 22.9 Å². The maximum atomic E-state index is 14.6. The average molecular weight is 592 g/mol. The molecule has 0 saturated heterocycles. The maximum absolute atomic E-state index is 14.6. The van der Waals surface area contributed by atoms with E-state index < -0.39 is 53.5 Å². The zero-order chi connectivity index (χ0) is 30.2. The predicted octanol–water partition coefficient (Wildman–Crippen LogP) is 2.67. The second kappa shape index (κ2) is 10.9. The Morgan fingerprint density at radius 1 is 1.14 bits per heavy atom. The van der Waals surface area contributed by atoms with Crippen LogP contribution in [-0.4, -0.2) is 65.2 Å². The molecule has 0 aliphatic heterocycles. The first kappa shape index (κ1) is 28.7. The number of nitrogens with one attached hydrogen (secondary N) is 1. The number of rotatable bonds is 9. The largest absolute Gasteiger partial charge is 0.428 e. The second-order valence-electron chi connectivity index (χ2n) is 9.44. The van der Waals surface area contributed by atoms with Gasteiger partial charge in [0, 0.05) is 17.5 Å². The average Bonchev–Trinajstić information content (AvgIpc) is 3.50. The smallest absolute Gasteiger partial charge is 0.371 e. The summed E-state index contributed by atoms with van der Waals surface area (Å²) in [6.45, 7) is -1.71. The van der Waals surface area contributed by atoms with E-state index in [1.165, 1.54) is 41.3 Å². The van der Waals surface area contributed by atoms with Crippen LogP contribution in [0.5, 0.6) is 0 Å². The summed E-state index contributed by atoms with van der Waals surface area (Å²) in [6, 6.07) is 8.84. The molecule has 1 aliphatic carbocycles. The minimum atomic E-state index is -5.61. The number of nitrogens with zero attached hydrogens (tertiary/aromatic N) is 6. The molecule has 1 atom stereocenters. The molecule has 0 spiro atoms. The minimum Gasteiger partial charge on any atom is -0.371 e. The zero-order valence-electron chi connectivity index (χ0n) is 21.3. The molecule has 12 nitrogen and oxygen atoms in total. The quantitative estimate of drug-likeness (QED) is 0.114. The number of halogens is 5. The predicted molar refractivity (Wildman–Crippen MR) is 132 cm³/mol. The lowest BCUT2D eigenvalue weighted by molar-refractivity contribution is -0.251. The molecule has 0 radical (unpaired) electrons. The number of alkyl halides is 3. The van der Waals surface area contributed by atoms with E-state index in [1.54, 1.807) is 6.07 Å². The van der Waals surface area contributed by atoms with Gasteiger partial charge in [-0.1, -0.05) is 23.4 Å². The van der Waals surface area contributed by atoms with Crippen molar-refractivity contribution < 1.29 is 41.2 Å². The number of carbonyl (C=O) groups excluding carboxylic acids is 2. The molecule has 1 unspecified atom stereocenters. The van der Waals surface area contributed by atoms with Crippen LogP contribution in [0.3, 0.4) is 0 Å². The van der Waals surface area contributed by atoms with Gasteiger partial charge in [-0.3, -0.25) is 14.3 Å². The highest BCUT2D eigenvalue weighted by Crippen LogP contribution is 2.35. The van der Waals surface area contributed by atoms with Crippen LogP contribution >= 0.6 is 0 Å². The van der Waals surface area contributed by atoms with Crippen molar-refractivity contribution in [1.29, 1.82) is 0 Å². The van der Waals surface area contributed by atoms with Crippen molar-refractivity contribution in [3.8, 4) is 22.9 Å². The van der Waals surface area contributed by atoms with Crippen LogP contribution in [0, 0.1) is 17.6 Å². The molecule has 3 heterocycles. The fourth-order valence-corrected chi connectivity index (χ4v) is 3.93. The molecule has 17 heteroatoms. The summed E-state index contributed by atoms with van der Waals surface area (Å²) in [5, 5.41) is 20.2. The Hall–Kier alpha value is -4.77. The van der Waals surface area contributed by atoms with Crippen LogP contribution in [0.1, 0.15) is 18.4 Å². The van der Waals surface area contributed by atoms with E-state index >= 15 is 0 Å². The van der Waals surface area contributed by atoms with E-state index in [0.717, 1.165) is 0 Å². The molecule has 4 aromatic rings. The Morgan fingerprint density at radius 3 is 2.52 bits per heavy atom. The van der Waals surface area contributed by atoms with Gasteiger partial charge < -0.3 is 14.9 Å². The first-order valence-electron chi connectivity index (χ1n) is 12.3. The first-order valence-corrected chi connectivity index (χ1v) is 12.3. The summed E-state index contributed by atoms with van der Waals surface area (Å²) in [5.41, 5.74) is -3.32. The van der Waals surface area contributed by atoms with Crippen LogP contribution < -0.4 is 11.2 Å². The molecule has 1 saturated carbocycles. The third-order valence-electron chi connectivity index (χ3n) is 6.45. The van der Waals surface area contributed by atoms with Gasteiger partial charge in [-0.05, 0) is 25.0 Å². The molecule has 1 fully saturated rings. The SMILES string of the molecule is NN(C(=O)C1CC1)C(=O)C(O)(CNc1nc(-c2cc(-c3ccon3)n(Cc3ccccc3F)n2)ncc1F)C(F)(F)F. The Balaban J connectivity index is 1.44. The highest BCUT2D eigenvalue weighted by molar-refractivity contribution is 6.01. The summed E-state index contributed by atoms with van der Waals surface area (Å²) in [5.74, 6) is -1.46. The number of nitrogens with two attached hydrogens (primary N) is 1. The van der Waals surface area contributed by atoms with E-state index in [9.17, 15) is 36.6 Å². The number of aromatic nitrogens is 5. The van der Waals surface area contributed by atoms with Crippen molar-refractivity contribution in [1.82, 2.24) is 29.9 Å². The van der Waals surface area contributed by atoms with Gasteiger partial charge in [0.1, 0.15) is 23.5 Å². The van der Waals surface area contributed by atoms with Gasteiger partial charge in [-0.25, -0.2) is 29.6 Å². The van der Waals surface area contributed by atoms with Gasteiger partial charge in [0.05, 0.1) is 25.0 Å². The van der Waals surface area contributed by atoms with Crippen molar-refractivity contribution in [3.05, 3.63) is 66.1 Å². The number of aliphatic hydroxyl groups is 1.